The van der Waals surface area contributed by atoms with Gasteiger partial charge in [0.25, 0.3) is 0 Å². The molecule has 0 unspecified atom stereocenters. The number of hydrogen-bond acceptors (Lipinski definition) is 4. The molecule has 0 amide bonds. The summed E-state index contributed by atoms with van der Waals surface area (Å²) in [6.45, 7) is 0. The fourth-order valence-electron chi connectivity index (χ4n) is 2.63. The number of aliphatic hydroxyl groups excluding tert-OH is 1. The standard InChI is InChI=1S/C19H15Cl2NO3/c1-25-19(24)17(23)10-11-5-7-15-12(9-11)6-8-16(22-15)18-13(20)3-2-4-14(18)21/h2-9,17,23H,10H2,1H3/t17-/m1/s1. The van der Waals surface area contributed by atoms with E-state index in [4.69, 9.17) is 23.2 Å². The minimum Gasteiger partial charge on any atom is -0.467 e. The molecule has 3 rings (SSSR count). The van der Waals surface area contributed by atoms with Crippen molar-refractivity contribution in [3.05, 3.63) is 64.1 Å². The number of nitrogens with zero attached hydrogens (tertiary/aromatic N) is 1. The van der Waals surface area contributed by atoms with E-state index >= 15 is 0 Å². The van der Waals surface area contributed by atoms with Gasteiger partial charge in [0.05, 0.1) is 28.4 Å². The number of carbonyl (C=O) groups excluding carboxylic acids is 1. The first-order valence-corrected chi connectivity index (χ1v) is 8.35. The average molecular weight is 376 g/mol. The molecule has 4 nitrogen and oxygen atoms in total. The Labute approximate surface area is 155 Å². The second-order valence-corrected chi connectivity index (χ2v) is 6.38. The van der Waals surface area contributed by atoms with Gasteiger partial charge in [-0.2, -0.15) is 0 Å². The van der Waals surface area contributed by atoms with E-state index in [2.05, 4.69) is 9.72 Å². The van der Waals surface area contributed by atoms with Gasteiger partial charge in [0.2, 0.25) is 0 Å². The van der Waals surface area contributed by atoms with Crippen molar-refractivity contribution in [1.82, 2.24) is 4.98 Å². The van der Waals surface area contributed by atoms with Gasteiger partial charge < -0.3 is 9.84 Å². The number of carbonyl (C=O) groups is 1. The van der Waals surface area contributed by atoms with Crippen LogP contribution < -0.4 is 0 Å². The predicted octanol–water partition coefficient (Wildman–Crippen LogP) is 4.29. The van der Waals surface area contributed by atoms with Crippen LogP contribution in [0.1, 0.15) is 5.56 Å². The number of hydrogen-bond donors (Lipinski definition) is 1. The SMILES string of the molecule is COC(=O)[C@H](O)Cc1ccc2nc(-c3c(Cl)cccc3Cl)ccc2c1. The number of methoxy groups -OCH3 is 1. The lowest BCUT2D eigenvalue weighted by Gasteiger charge is -2.10. The molecule has 0 saturated carbocycles. The van der Waals surface area contributed by atoms with Crippen LogP contribution >= 0.6 is 23.2 Å². The zero-order valence-corrected chi connectivity index (χ0v) is 14.9. The average Bonchev–Trinajstić information content (AvgIpc) is 2.60. The quantitative estimate of drug-likeness (QED) is 0.691. The molecule has 0 bridgehead atoms. The van der Waals surface area contributed by atoms with Crippen molar-refractivity contribution in [1.29, 1.82) is 0 Å². The van der Waals surface area contributed by atoms with Gasteiger partial charge in [-0.15, -0.1) is 0 Å². The lowest BCUT2D eigenvalue weighted by molar-refractivity contribution is -0.150. The summed E-state index contributed by atoms with van der Waals surface area (Å²) in [5.74, 6) is -0.651. The number of aromatic nitrogens is 1. The third kappa shape index (κ3) is 3.76. The van der Waals surface area contributed by atoms with E-state index in [0.717, 1.165) is 16.5 Å². The molecule has 0 aliphatic heterocycles. The van der Waals surface area contributed by atoms with Crippen LogP contribution in [0.15, 0.2) is 48.5 Å². The highest BCUT2D eigenvalue weighted by atomic mass is 35.5. The predicted molar refractivity (Wildman–Crippen MR) is 98.9 cm³/mol. The molecule has 0 aliphatic carbocycles. The Hall–Kier alpha value is -2.14. The normalized spacial score (nSPS) is 12.2. The Balaban J connectivity index is 1.95. The number of ether oxygens (including phenoxy) is 1. The summed E-state index contributed by atoms with van der Waals surface area (Å²) in [5.41, 5.74) is 2.96. The third-order valence-corrected chi connectivity index (χ3v) is 4.50. The highest BCUT2D eigenvalue weighted by Gasteiger charge is 2.16. The minimum atomic E-state index is -1.18. The fraction of sp³-hybridized carbons (Fsp3) is 0.158. The van der Waals surface area contributed by atoms with Gasteiger partial charge in [0, 0.05) is 17.4 Å². The summed E-state index contributed by atoms with van der Waals surface area (Å²) in [4.78, 5) is 16.0. The number of benzene rings is 2. The van der Waals surface area contributed by atoms with Gasteiger partial charge in [0.15, 0.2) is 6.10 Å². The van der Waals surface area contributed by atoms with Gasteiger partial charge in [-0.05, 0) is 35.9 Å². The van der Waals surface area contributed by atoms with Gasteiger partial charge >= 0.3 is 5.97 Å². The Morgan fingerprint density at radius 1 is 1.16 bits per heavy atom. The molecule has 1 N–H and O–H groups in total. The lowest BCUT2D eigenvalue weighted by Crippen LogP contribution is -2.24. The first-order chi connectivity index (χ1) is 12.0. The van der Waals surface area contributed by atoms with E-state index in [-0.39, 0.29) is 6.42 Å². The zero-order valence-electron chi connectivity index (χ0n) is 13.4. The molecule has 128 valence electrons. The van der Waals surface area contributed by atoms with Crippen LogP contribution in [-0.2, 0) is 16.0 Å². The van der Waals surface area contributed by atoms with E-state index in [0.29, 0.717) is 21.3 Å². The van der Waals surface area contributed by atoms with Crippen LogP contribution in [0, 0.1) is 0 Å². The number of rotatable bonds is 4. The summed E-state index contributed by atoms with van der Waals surface area (Å²) >= 11 is 12.5. The Bertz CT molecular complexity index is 923. The largest absolute Gasteiger partial charge is 0.467 e. The smallest absolute Gasteiger partial charge is 0.335 e. The summed E-state index contributed by atoms with van der Waals surface area (Å²) < 4.78 is 4.53. The molecule has 0 radical (unpaired) electrons. The number of aliphatic hydroxyl groups is 1. The molecule has 0 spiro atoms. The van der Waals surface area contributed by atoms with Crippen LogP contribution in [0.25, 0.3) is 22.2 Å². The molecule has 1 heterocycles. The maximum atomic E-state index is 11.3. The Morgan fingerprint density at radius 3 is 2.56 bits per heavy atom. The molecule has 1 aromatic heterocycles. The van der Waals surface area contributed by atoms with Crippen LogP contribution in [0.3, 0.4) is 0 Å². The summed E-state index contributed by atoms with van der Waals surface area (Å²) in [6.07, 6.45) is -1.00. The van der Waals surface area contributed by atoms with Gasteiger partial charge in [-0.3, -0.25) is 0 Å². The van der Waals surface area contributed by atoms with Crippen LogP contribution in [0.2, 0.25) is 10.0 Å². The van der Waals surface area contributed by atoms with Gasteiger partial charge in [-0.25, -0.2) is 9.78 Å². The molecule has 3 aromatic rings. The number of halogens is 2. The molecular formula is C19H15Cl2NO3. The van der Waals surface area contributed by atoms with Crippen molar-refractivity contribution in [2.75, 3.05) is 7.11 Å². The minimum absolute atomic E-state index is 0.181. The monoisotopic (exact) mass is 375 g/mol. The molecule has 25 heavy (non-hydrogen) atoms. The van der Waals surface area contributed by atoms with Crippen molar-refractivity contribution in [3.63, 3.8) is 0 Å². The first-order valence-electron chi connectivity index (χ1n) is 7.59. The van der Waals surface area contributed by atoms with E-state index in [9.17, 15) is 9.90 Å². The van der Waals surface area contributed by atoms with Crippen LogP contribution in [0.4, 0.5) is 0 Å². The third-order valence-electron chi connectivity index (χ3n) is 3.87. The van der Waals surface area contributed by atoms with Crippen LogP contribution in [0.5, 0.6) is 0 Å². The highest BCUT2D eigenvalue weighted by molar-refractivity contribution is 6.39. The number of esters is 1. The van der Waals surface area contributed by atoms with E-state index in [1.54, 1.807) is 18.2 Å². The van der Waals surface area contributed by atoms with E-state index in [1.807, 2.05) is 30.3 Å². The van der Waals surface area contributed by atoms with Crippen molar-refractivity contribution in [3.8, 4) is 11.3 Å². The van der Waals surface area contributed by atoms with E-state index in [1.165, 1.54) is 7.11 Å². The maximum Gasteiger partial charge on any atom is 0.335 e. The molecule has 0 fully saturated rings. The van der Waals surface area contributed by atoms with Crippen molar-refractivity contribution in [2.45, 2.75) is 12.5 Å². The van der Waals surface area contributed by atoms with Gasteiger partial charge in [0.1, 0.15) is 0 Å². The number of fused-ring (bicyclic) bond motifs is 1. The fourth-order valence-corrected chi connectivity index (χ4v) is 3.22. The topological polar surface area (TPSA) is 59.4 Å². The molecule has 6 heteroatoms. The second-order valence-electron chi connectivity index (χ2n) is 5.56. The van der Waals surface area contributed by atoms with Crippen molar-refractivity contribution in [2.24, 2.45) is 0 Å². The maximum absolute atomic E-state index is 11.3. The lowest BCUT2D eigenvalue weighted by atomic mass is 10.0. The van der Waals surface area contributed by atoms with Crippen molar-refractivity contribution < 1.29 is 14.6 Å². The van der Waals surface area contributed by atoms with Crippen molar-refractivity contribution >= 4 is 40.1 Å². The molecule has 1 atom stereocenters. The Kier molecular flexibility index (Phi) is 5.23. The Morgan fingerprint density at radius 2 is 1.88 bits per heavy atom. The molecule has 2 aromatic carbocycles. The summed E-state index contributed by atoms with van der Waals surface area (Å²) in [5, 5.41) is 11.7. The molecular weight excluding hydrogens is 361 g/mol. The number of pyridine rings is 1. The molecule has 0 aliphatic rings. The highest BCUT2D eigenvalue weighted by Crippen LogP contribution is 2.34. The zero-order chi connectivity index (χ0) is 18.0. The summed E-state index contributed by atoms with van der Waals surface area (Å²) in [6, 6.07) is 14.6. The van der Waals surface area contributed by atoms with Gasteiger partial charge in [-0.1, -0.05) is 41.4 Å². The molecule has 0 saturated heterocycles. The van der Waals surface area contributed by atoms with Crippen LogP contribution in [-0.4, -0.2) is 29.3 Å². The van der Waals surface area contributed by atoms with E-state index < -0.39 is 12.1 Å². The second kappa shape index (κ2) is 7.40. The first kappa shape index (κ1) is 17.7. The summed E-state index contributed by atoms with van der Waals surface area (Å²) in [7, 11) is 1.25.